The Bertz CT molecular complexity index is 283. The smallest absolute Gasteiger partial charge is 0.184 e. The summed E-state index contributed by atoms with van der Waals surface area (Å²) in [5, 5.41) is 13.3. The maximum Gasteiger partial charge on any atom is 0.184 e. The molecule has 16 heavy (non-hydrogen) atoms. The molecule has 0 saturated carbocycles. The van der Waals surface area contributed by atoms with Crippen molar-refractivity contribution >= 4 is 0 Å². The van der Waals surface area contributed by atoms with Crippen LogP contribution in [0.3, 0.4) is 0 Å². The van der Waals surface area contributed by atoms with E-state index in [-0.39, 0.29) is 24.4 Å². The lowest BCUT2D eigenvalue weighted by Crippen LogP contribution is -2.63. The first kappa shape index (κ1) is 10.9. The lowest BCUT2D eigenvalue weighted by atomic mass is 9.90. The van der Waals surface area contributed by atoms with Gasteiger partial charge in [0.25, 0.3) is 0 Å². The highest BCUT2D eigenvalue weighted by molar-refractivity contribution is 5.00. The van der Waals surface area contributed by atoms with Crippen LogP contribution in [0.2, 0.25) is 0 Å². The average molecular weight is 229 g/mol. The molecule has 0 radical (unpaired) electrons. The first-order valence-corrected chi connectivity index (χ1v) is 5.99. The molecule has 5 atom stereocenters. The SMILES string of the molecule is CC1(C)O[C@H]2[C@H]3NCCC[C@H]3OC(O)[C@H]2O1. The number of aliphatic hydroxyl groups is 1. The number of fused-ring (bicyclic) bond motifs is 3. The van der Waals surface area contributed by atoms with Gasteiger partial charge in [-0.2, -0.15) is 0 Å². The van der Waals surface area contributed by atoms with E-state index in [2.05, 4.69) is 5.32 Å². The molecule has 0 aliphatic carbocycles. The predicted molar refractivity (Wildman–Crippen MR) is 55.7 cm³/mol. The Morgan fingerprint density at radius 3 is 2.81 bits per heavy atom. The summed E-state index contributed by atoms with van der Waals surface area (Å²) in [5.41, 5.74) is 0. The van der Waals surface area contributed by atoms with E-state index in [0.29, 0.717) is 0 Å². The third-order valence-electron chi connectivity index (χ3n) is 3.56. The molecule has 5 nitrogen and oxygen atoms in total. The van der Waals surface area contributed by atoms with Crippen LogP contribution in [0.15, 0.2) is 0 Å². The van der Waals surface area contributed by atoms with Crippen LogP contribution in [0.25, 0.3) is 0 Å². The zero-order valence-corrected chi connectivity index (χ0v) is 9.68. The average Bonchev–Trinajstić information content (AvgIpc) is 2.55. The van der Waals surface area contributed by atoms with Gasteiger partial charge in [0.1, 0.15) is 12.2 Å². The van der Waals surface area contributed by atoms with Crippen molar-refractivity contribution in [1.29, 1.82) is 0 Å². The molecule has 5 heteroatoms. The van der Waals surface area contributed by atoms with Crippen molar-refractivity contribution in [3.63, 3.8) is 0 Å². The highest BCUT2D eigenvalue weighted by atomic mass is 16.8. The van der Waals surface area contributed by atoms with Gasteiger partial charge in [-0.25, -0.2) is 0 Å². The molecular weight excluding hydrogens is 210 g/mol. The minimum Gasteiger partial charge on any atom is -0.366 e. The summed E-state index contributed by atoms with van der Waals surface area (Å²) >= 11 is 0. The predicted octanol–water partition coefficient (Wildman–Crippen LogP) is -0.0243. The monoisotopic (exact) mass is 229 g/mol. The van der Waals surface area contributed by atoms with Gasteiger partial charge < -0.3 is 24.6 Å². The molecule has 0 spiro atoms. The zero-order chi connectivity index (χ0) is 11.3. The summed E-state index contributed by atoms with van der Waals surface area (Å²) in [5.74, 6) is -0.631. The Morgan fingerprint density at radius 2 is 2.00 bits per heavy atom. The van der Waals surface area contributed by atoms with Crippen LogP contribution in [0.1, 0.15) is 26.7 Å². The lowest BCUT2D eigenvalue weighted by Gasteiger charge is -2.43. The molecule has 3 saturated heterocycles. The molecule has 92 valence electrons. The molecule has 0 aromatic heterocycles. The maximum absolute atomic E-state index is 9.90. The Kier molecular flexibility index (Phi) is 2.49. The van der Waals surface area contributed by atoms with Gasteiger partial charge in [-0.1, -0.05) is 0 Å². The second kappa shape index (κ2) is 3.65. The van der Waals surface area contributed by atoms with Crippen molar-refractivity contribution < 1.29 is 19.3 Å². The molecule has 1 unspecified atom stereocenters. The number of rotatable bonds is 0. The van der Waals surface area contributed by atoms with Gasteiger partial charge in [0.05, 0.1) is 12.1 Å². The highest BCUT2D eigenvalue weighted by Crippen LogP contribution is 2.38. The fourth-order valence-corrected chi connectivity index (χ4v) is 2.94. The van der Waals surface area contributed by atoms with Crippen molar-refractivity contribution in [2.45, 2.75) is 63.1 Å². The summed E-state index contributed by atoms with van der Waals surface area (Å²) < 4.78 is 17.1. The summed E-state index contributed by atoms with van der Waals surface area (Å²) in [7, 11) is 0. The van der Waals surface area contributed by atoms with E-state index in [1.54, 1.807) is 0 Å². The Hall–Kier alpha value is -0.200. The summed E-state index contributed by atoms with van der Waals surface area (Å²) in [6, 6.07) is 0.143. The summed E-state index contributed by atoms with van der Waals surface area (Å²) in [6.45, 7) is 4.72. The Balaban J connectivity index is 1.83. The molecule has 0 aromatic rings. The van der Waals surface area contributed by atoms with Gasteiger partial charge in [0.15, 0.2) is 12.1 Å². The minimum absolute atomic E-state index is 0.0440. The number of hydrogen-bond acceptors (Lipinski definition) is 5. The van der Waals surface area contributed by atoms with Crippen molar-refractivity contribution in [3.8, 4) is 0 Å². The van der Waals surface area contributed by atoms with Crippen molar-refractivity contribution in [3.05, 3.63) is 0 Å². The summed E-state index contributed by atoms with van der Waals surface area (Å²) in [6.07, 6.45) is 0.749. The fourth-order valence-electron chi connectivity index (χ4n) is 2.94. The van der Waals surface area contributed by atoms with Crippen LogP contribution in [0, 0.1) is 0 Å². The van der Waals surface area contributed by atoms with E-state index in [1.807, 2.05) is 13.8 Å². The van der Waals surface area contributed by atoms with Crippen LogP contribution in [-0.4, -0.2) is 48.1 Å². The van der Waals surface area contributed by atoms with E-state index in [4.69, 9.17) is 14.2 Å². The van der Waals surface area contributed by atoms with Crippen molar-refractivity contribution in [2.75, 3.05) is 6.54 Å². The van der Waals surface area contributed by atoms with Crippen LogP contribution in [0.5, 0.6) is 0 Å². The Labute approximate surface area is 95.1 Å². The molecule has 3 rings (SSSR count). The van der Waals surface area contributed by atoms with Gasteiger partial charge in [-0.3, -0.25) is 0 Å². The largest absolute Gasteiger partial charge is 0.366 e. The molecule has 3 fully saturated rings. The molecule has 0 amide bonds. The molecule has 3 aliphatic heterocycles. The van der Waals surface area contributed by atoms with E-state index in [9.17, 15) is 5.11 Å². The third kappa shape index (κ3) is 1.67. The topological polar surface area (TPSA) is 60.0 Å². The lowest BCUT2D eigenvalue weighted by molar-refractivity contribution is -0.240. The zero-order valence-electron chi connectivity index (χ0n) is 9.68. The Morgan fingerprint density at radius 1 is 1.25 bits per heavy atom. The van der Waals surface area contributed by atoms with E-state index in [0.717, 1.165) is 19.4 Å². The van der Waals surface area contributed by atoms with Gasteiger partial charge in [-0.05, 0) is 33.2 Å². The maximum atomic E-state index is 9.90. The normalized spacial score (nSPS) is 50.8. The quantitative estimate of drug-likeness (QED) is 0.611. The number of nitrogens with one attached hydrogen (secondary N) is 1. The van der Waals surface area contributed by atoms with E-state index < -0.39 is 12.1 Å². The van der Waals surface area contributed by atoms with E-state index >= 15 is 0 Å². The molecule has 2 N–H and O–H groups in total. The fraction of sp³-hybridized carbons (Fsp3) is 1.00. The van der Waals surface area contributed by atoms with Gasteiger partial charge in [0, 0.05) is 0 Å². The van der Waals surface area contributed by atoms with Gasteiger partial charge in [-0.15, -0.1) is 0 Å². The third-order valence-corrected chi connectivity index (χ3v) is 3.56. The summed E-state index contributed by atoms with van der Waals surface area (Å²) in [4.78, 5) is 0. The van der Waals surface area contributed by atoms with Gasteiger partial charge in [0.2, 0.25) is 0 Å². The second-order valence-electron chi connectivity index (χ2n) is 5.25. The highest BCUT2D eigenvalue weighted by Gasteiger charge is 2.55. The minimum atomic E-state index is -0.868. The van der Waals surface area contributed by atoms with Crippen molar-refractivity contribution in [2.24, 2.45) is 0 Å². The van der Waals surface area contributed by atoms with Gasteiger partial charge >= 0.3 is 0 Å². The first-order valence-electron chi connectivity index (χ1n) is 5.99. The van der Waals surface area contributed by atoms with Crippen LogP contribution >= 0.6 is 0 Å². The number of ether oxygens (including phenoxy) is 3. The van der Waals surface area contributed by atoms with Crippen LogP contribution < -0.4 is 5.32 Å². The van der Waals surface area contributed by atoms with Crippen LogP contribution in [-0.2, 0) is 14.2 Å². The van der Waals surface area contributed by atoms with Crippen molar-refractivity contribution in [1.82, 2.24) is 5.32 Å². The number of aliphatic hydroxyl groups excluding tert-OH is 1. The molecule has 0 bridgehead atoms. The molecular formula is C11H19NO4. The van der Waals surface area contributed by atoms with E-state index in [1.165, 1.54) is 0 Å². The molecule has 0 aromatic carbocycles. The second-order valence-corrected chi connectivity index (χ2v) is 5.25. The number of piperidine rings is 1. The molecule has 3 heterocycles. The molecule has 3 aliphatic rings. The number of hydrogen-bond donors (Lipinski definition) is 2. The first-order chi connectivity index (χ1) is 7.57. The standard InChI is InChI=1S/C11H19NO4/c1-11(2)15-8-7-6(4-3-5-12-7)14-10(13)9(8)16-11/h6-10,12-13H,3-5H2,1-2H3/t6-,7+,8+,9+,10?/m1/s1. The van der Waals surface area contributed by atoms with Crippen LogP contribution in [0.4, 0.5) is 0 Å².